The number of aryl methyl sites for hydroxylation is 1. The SMILES string of the molecule is Cn1ccc2c(C(=O)Nc3ccn(Cc4cccnc4)n3)cccc21. The molecule has 124 valence electrons. The lowest BCUT2D eigenvalue weighted by molar-refractivity contribution is 0.102. The Kier molecular flexibility index (Phi) is 3.78. The minimum atomic E-state index is -0.163. The normalized spacial score (nSPS) is 10.9. The van der Waals surface area contributed by atoms with Gasteiger partial charge in [0, 0.05) is 54.4 Å². The second-order valence-electron chi connectivity index (χ2n) is 5.88. The van der Waals surface area contributed by atoms with Crippen LogP contribution in [0.25, 0.3) is 10.9 Å². The zero-order chi connectivity index (χ0) is 17.2. The molecule has 4 rings (SSSR count). The molecule has 1 N–H and O–H groups in total. The predicted molar refractivity (Wildman–Crippen MR) is 96.4 cm³/mol. The molecule has 0 radical (unpaired) electrons. The van der Waals surface area contributed by atoms with Gasteiger partial charge >= 0.3 is 0 Å². The molecule has 1 amide bonds. The van der Waals surface area contributed by atoms with E-state index in [1.807, 2.05) is 60.4 Å². The number of hydrogen-bond acceptors (Lipinski definition) is 3. The van der Waals surface area contributed by atoms with Crippen molar-refractivity contribution in [2.24, 2.45) is 7.05 Å². The van der Waals surface area contributed by atoms with Crippen LogP contribution in [0.5, 0.6) is 0 Å². The van der Waals surface area contributed by atoms with Crippen LogP contribution in [0.4, 0.5) is 5.82 Å². The van der Waals surface area contributed by atoms with Crippen LogP contribution in [0.1, 0.15) is 15.9 Å². The zero-order valence-electron chi connectivity index (χ0n) is 13.8. The summed E-state index contributed by atoms with van der Waals surface area (Å²) in [6.45, 7) is 0.609. The number of nitrogens with zero attached hydrogens (tertiary/aromatic N) is 4. The van der Waals surface area contributed by atoms with E-state index in [-0.39, 0.29) is 5.91 Å². The quantitative estimate of drug-likeness (QED) is 0.625. The van der Waals surface area contributed by atoms with E-state index in [2.05, 4.69) is 15.4 Å². The molecule has 6 heteroatoms. The Labute approximate surface area is 144 Å². The lowest BCUT2D eigenvalue weighted by atomic mass is 10.1. The minimum Gasteiger partial charge on any atom is -0.351 e. The van der Waals surface area contributed by atoms with Crippen molar-refractivity contribution in [2.45, 2.75) is 6.54 Å². The molecule has 25 heavy (non-hydrogen) atoms. The van der Waals surface area contributed by atoms with Crippen molar-refractivity contribution in [3.05, 3.63) is 78.4 Å². The van der Waals surface area contributed by atoms with Crippen LogP contribution in [0, 0.1) is 0 Å². The van der Waals surface area contributed by atoms with E-state index in [0.29, 0.717) is 17.9 Å². The van der Waals surface area contributed by atoms with Crippen LogP contribution in [-0.2, 0) is 13.6 Å². The Morgan fingerprint density at radius 3 is 2.88 bits per heavy atom. The molecule has 0 unspecified atom stereocenters. The second kappa shape index (κ2) is 6.24. The van der Waals surface area contributed by atoms with E-state index >= 15 is 0 Å². The van der Waals surface area contributed by atoms with Crippen LogP contribution >= 0.6 is 0 Å². The first-order valence-electron chi connectivity index (χ1n) is 7.98. The molecule has 0 fully saturated rings. The third-order valence-electron chi connectivity index (χ3n) is 4.12. The van der Waals surface area contributed by atoms with Crippen molar-refractivity contribution in [1.29, 1.82) is 0 Å². The third-order valence-corrected chi connectivity index (χ3v) is 4.12. The summed E-state index contributed by atoms with van der Waals surface area (Å²) in [5, 5.41) is 8.21. The topological polar surface area (TPSA) is 64.7 Å². The van der Waals surface area contributed by atoms with Crippen LogP contribution in [0.15, 0.2) is 67.3 Å². The molecule has 0 aliphatic heterocycles. The van der Waals surface area contributed by atoms with E-state index in [0.717, 1.165) is 16.5 Å². The maximum absolute atomic E-state index is 12.6. The summed E-state index contributed by atoms with van der Waals surface area (Å²) in [4.78, 5) is 16.7. The molecule has 0 aliphatic carbocycles. The van der Waals surface area contributed by atoms with E-state index in [4.69, 9.17) is 0 Å². The first kappa shape index (κ1) is 15.1. The maximum atomic E-state index is 12.6. The zero-order valence-corrected chi connectivity index (χ0v) is 13.8. The van der Waals surface area contributed by atoms with Crippen molar-refractivity contribution in [3.8, 4) is 0 Å². The monoisotopic (exact) mass is 331 g/mol. The number of anilines is 1. The van der Waals surface area contributed by atoms with Gasteiger partial charge in [-0.05, 0) is 29.8 Å². The highest BCUT2D eigenvalue weighted by Gasteiger charge is 2.13. The molecule has 0 atom stereocenters. The number of amides is 1. The maximum Gasteiger partial charge on any atom is 0.257 e. The van der Waals surface area contributed by atoms with Gasteiger partial charge in [0.2, 0.25) is 0 Å². The van der Waals surface area contributed by atoms with Gasteiger partial charge in [-0.15, -0.1) is 0 Å². The summed E-state index contributed by atoms with van der Waals surface area (Å²) >= 11 is 0. The third kappa shape index (κ3) is 3.01. The number of carbonyl (C=O) groups is 1. The molecular formula is C19H17N5O. The molecule has 4 aromatic rings. The van der Waals surface area contributed by atoms with Gasteiger partial charge in [0.15, 0.2) is 5.82 Å². The Hall–Kier alpha value is -3.41. The number of nitrogens with one attached hydrogen (secondary N) is 1. The summed E-state index contributed by atoms with van der Waals surface area (Å²) in [5.41, 5.74) is 2.71. The summed E-state index contributed by atoms with van der Waals surface area (Å²) < 4.78 is 3.77. The van der Waals surface area contributed by atoms with Crippen molar-refractivity contribution in [2.75, 3.05) is 5.32 Å². The van der Waals surface area contributed by atoms with Crippen molar-refractivity contribution in [1.82, 2.24) is 19.3 Å². The molecule has 0 saturated carbocycles. The predicted octanol–water partition coefficient (Wildman–Crippen LogP) is 3.07. The molecular weight excluding hydrogens is 314 g/mol. The molecule has 0 bridgehead atoms. The Morgan fingerprint density at radius 1 is 1.12 bits per heavy atom. The number of aromatic nitrogens is 4. The number of carbonyl (C=O) groups excluding carboxylic acids is 1. The van der Waals surface area contributed by atoms with E-state index in [9.17, 15) is 4.79 Å². The highest BCUT2D eigenvalue weighted by atomic mass is 16.1. The molecule has 1 aromatic carbocycles. The number of pyridine rings is 1. The van der Waals surface area contributed by atoms with Crippen LogP contribution in [0.3, 0.4) is 0 Å². The van der Waals surface area contributed by atoms with Crippen molar-refractivity contribution in [3.63, 3.8) is 0 Å². The second-order valence-corrected chi connectivity index (χ2v) is 5.88. The van der Waals surface area contributed by atoms with Gasteiger partial charge in [-0.25, -0.2) is 0 Å². The lowest BCUT2D eigenvalue weighted by Crippen LogP contribution is -2.13. The first-order valence-corrected chi connectivity index (χ1v) is 7.98. The van der Waals surface area contributed by atoms with Crippen molar-refractivity contribution >= 4 is 22.6 Å². The number of fused-ring (bicyclic) bond motifs is 1. The summed E-state index contributed by atoms with van der Waals surface area (Å²) in [6.07, 6.45) is 7.33. The Morgan fingerprint density at radius 2 is 2.04 bits per heavy atom. The van der Waals surface area contributed by atoms with Crippen LogP contribution in [-0.4, -0.2) is 25.2 Å². The van der Waals surface area contributed by atoms with E-state index < -0.39 is 0 Å². The van der Waals surface area contributed by atoms with Gasteiger partial charge in [-0.1, -0.05) is 12.1 Å². The largest absolute Gasteiger partial charge is 0.351 e. The molecule has 3 aromatic heterocycles. The first-order chi connectivity index (χ1) is 12.2. The molecule has 3 heterocycles. The van der Waals surface area contributed by atoms with Gasteiger partial charge in [0.05, 0.1) is 6.54 Å². The smallest absolute Gasteiger partial charge is 0.257 e. The van der Waals surface area contributed by atoms with E-state index in [1.165, 1.54) is 0 Å². The summed E-state index contributed by atoms with van der Waals surface area (Å²) in [7, 11) is 1.96. The minimum absolute atomic E-state index is 0.163. The van der Waals surface area contributed by atoms with Gasteiger partial charge in [0.25, 0.3) is 5.91 Å². The van der Waals surface area contributed by atoms with E-state index in [1.54, 1.807) is 23.1 Å². The number of hydrogen-bond donors (Lipinski definition) is 1. The summed E-state index contributed by atoms with van der Waals surface area (Å²) in [6, 6.07) is 13.3. The highest BCUT2D eigenvalue weighted by molar-refractivity contribution is 6.12. The molecule has 6 nitrogen and oxygen atoms in total. The average molecular weight is 331 g/mol. The fourth-order valence-corrected chi connectivity index (χ4v) is 2.88. The molecule has 0 aliphatic rings. The molecule has 0 spiro atoms. The number of benzene rings is 1. The lowest BCUT2D eigenvalue weighted by Gasteiger charge is -2.05. The van der Waals surface area contributed by atoms with Gasteiger partial charge < -0.3 is 9.88 Å². The average Bonchev–Trinajstić information content (AvgIpc) is 3.22. The highest BCUT2D eigenvalue weighted by Crippen LogP contribution is 2.20. The van der Waals surface area contributed by atoms with Crippen LogP contribution in [0.2, 0.25) is 0 Å². The summed E-state index contributed by atoms with van der Waals surface area (Å²) in [5.74, 6) is 0.366. The van der Waals surface area contributed by atoms with Gasteiger partial charge in [-0.3, -0.25) is 14.5 Å². The fourth-order valence-electron chi connectivity index (χ4n) is 2.88. The fraction of sp³-hybridized carbons (Fsp3) is 0.105. The van der Waals surface area contributed by atoms with Crippen LogP contribution < -0.4 is 5.32 Å². The number of rotatable bonds is 4. The van der Waals surface area contributed by atoms with Gasteiger partial charge in [-0.2, -0.15) is 5.10 Å². The Balaban J connectivity index is 1.53. The van der Waals surface area contributed by atoms with Crippen molar-refractivity contribution < 1.29 is 4.79 Å². The molecule has 0 saturated heterocycles. The standard InChI is InChI=1S/C19H17N5O/c1-23-10-7-15-16(5-2-6-17(15)23)19(25)21-18-8-11-24(22-18)13-14-4-3-9-20-12-14/h2-12H,13H2,1H3,(H,21,22,25). The van der Waals surface area contributed by atoms with Gasteiger partial charge in [0.1, 0.15) is 0 Å². The Bertz CT molecular complexity index is 1030.